The van der Waals surface area contributed by atoms with E-state index in [0.717, 1.165) is 21.8 Å². The van der Waals surface area contributed by atoms with Crippen LogP contribution in [-0.2, 0) is 0 Å². The number of H-pyrrole nitrogens is 2. The van der Waals surface area contributed by atoms with Gasteiger partial charge in [-0.05, 0) is 12.1 Å². The minimum absolute atomic E-state index is 0.607. The Morgan fingerprint density at radius 2 is 2.14 bits per heavy atom. The second-order valence-electron chi connectivity index (χ2n) is 3.06. The Bertz CT molecular complexity index is 667. The van der Waals surface area contributed by atoms with E-state index in [1.165, 1.54) is 0 Å². The molecular weight excluding hydrogens is 196 g/mol. The minimum Gasteiger partial charge on any atom is -0.346 e. The van der Waals surface area contributed by atoms with Gasteiger partial charge in [-0.1, -0.05) is 12.2 Å². The van der Waals surface area contributed by atoms with E-state index in [1.54, 1.807) is 12.5 Å². The smallest absolute Gasteiger partial charge is 0.137 e. The SMILES string of the molecule is S=c1nc[nH]c2cc3cn[nH]c3cc12. The summed E-state index contributed by atoms with van der Waals surface area (Å²) in [6.45, 7) is 0. The quantitative estimate of drug-likeness (QED) is 0.549. The van der Waals surface area contributed by atoms with Crippen LogP contribution >= 0.6 is 12.2 Å². The van der Waals surface area contributed by atoms with Crippen molar-refractivity contribution in [3.05, 3.63) is 29.3 Å². The molecule has 4 nitrogen and oxygen atoms in total. The third kappa shape index (κ3) is 0.958. The molecule has 2 N–H and O–H groups in total. The summed E-state index contributed by atoms with van der Waals surface area (Å²) < 4.78 is 0.607. The van der Waals surface area contributed by atoms with Crippen molar-refractivity contribution in [1.82, 2.24) is 20.2 Å². The Morgan fingerprint density at radius 3 is 3.07 bits per heavy atom. The topological polar surface area (TPSA) is 57.4 Å². The Kier molecular flexibility index (Phi) is 1.43. The maximum atomic E-state index is 5.13. The average molecular weight is 202 g/mol. The van der Waals surface area contributed by atoms with E-state index >= 15 is 0 Å². The molecule has 14 heavy (non-hydrogen) atoms. The number of nitrogens with one attached hydrogen (secondary N) is 2. The zero-order valence-corrected chi connectivity index (χ0v) is 7.93. The first-order chi connectivity index (χ1) is 6.84. The average Bonchev–Trinajstić information content (AvgIpc) is 2.62. The van der Waals surface area contributed by atoms with Gasteiger partial charge in [0.05, 0.1) is 23.6 Å². The van der Waals surface area contributed by atoms with E-state index in [0.29, 0.717) is 4.64 Å². The molecule has 0 spiro atoms. The van der Waals surface area contributed by atoms with Gasteiger partial charge in [0.15, 0.2) is 0 Å². The maximum absolute atomic E-state index is 5.13. The molecule has 2 heterocycles. The second-order valence-corrected chi connectivity index (χ2v) is 3.45. The lowest BCUT2D eigenvalue weighted by Crippen LogP contribution is -1.83. The lowest BCUT2D eigenvalue weighted by Gasteiger charge is -1.96. The van der Waals surface area contributed by atoms with E-state index in [2.05, 4.69) is 20.2 Å². The number of aromatic amines is 2. The van der Waals surface area contributed by atoms with Crippen molar-refractivity contribution in [3.63, 3.8) is 0 Å². The maximum Gasteiger partial charge on any atom is 0.137 e. The molecule has 0 saturated carbocycles. The lowest BCUT2D eigenvalue weighted by molar-refractivity contribution is 1.12. The first-order valence-electron chi connectivity index (χ1n) is 4.15. The van der Waals surface area contributed by atoms with Gasteiger partial charge in [0.25, 0.3) is 0 Å². The van der Waals surface area contributed by atoms with E-state index < -0.39 is 0 Å². The van der Waals surface area contributed by atoms with Crippen LogP contribution in [0, 0.1) is 4.64 Å². The van der Waals surface area contributed by atoms with Crippen molar-refractivity contribution >= 4 is 34.0 Å². The van der Waals surface area contributed by atoms with E-state index in [1.807, 2.05) is 12.1 Å². The standard InChI is InChI=1S/C9H6N4S/c14-9-6-2-7-5(3-12-13-7)1-8(6)10-4-11-9/h1-4H,(H,12,13)(H,10,11,14). The molecule has 3 rings (SSSR count). The highest BCUT2D eigenvalue weighted by atomic mass is 32.1. The summed E-state index contributed by atoms with van der Waals surface area (Å²) in [7, 11) is 0. The summed E-state index contributed by atoms with van der Waals surface area (Å²) in [6.07, 6.45) is 3.39. The van der Waals surface area contributed by atoms with Crippen LogP contribution in [0.1, 0.15) is 0 Å². The number of fused-ring (bicyclic) bond motifs is 2. The van der Waals surface area contributed by atoms with Crippen molar-refractivity contribution in [2.75, 3.05) is 0 Å². The Hall–Kier alpha value is -1.75. The van der Waals surface area contributed by atoms with Gasteiger partial charge in [-0.25, -0.2) is 4.98 Å². The number of hydrogen-bond donors (Lipinski definition) is 2. The number of hydrogen-bond acceptors (Lipinski definition) is 3. The zero-order chi connectivity index (χ0) is 9.54. The van der Waals surface area contributed by atoms with Crippen LogP contribution in [-0.4, -0.2) is 20.2 Å². The van der Waals surface area contributed by atoms with E-state index in [-0.39, 0.29) is 0 Å². The van der Waals surface area contributed by atoms with E-state index in [4.69, 9.17) is 12.2 Å². The Labute approximate surface area is 84.0 Å². The first-order valence-corrected chi connectivity index (χ1v) is 4.56. The molecule has 5 heteroatoms. The summed E-state index contributed by atoms with van der Waals surface area (Å²) in [6, 6.07) is 3.97. The van der Waals surface area contributed by atoms with Crippen LogP contribution in [0.2, 0.25) is 0 Å². The molecule has 3 aromatic rings. The van der Waals surface area contributed by atoms with Gasteiger partial charge in [0.1, 0.15) is 4.64 Å². The number of rotatable bonds is 0. The van der Waals surface area contributed by atoms with Crippen LogP contribution in [0.4, 0.5) is 0 Å². The number of benzene rings is 1. The van der Waals surface area contributed by atoms with Crippen LogP contribution in [0.25, 0.3) is 21.8 Å². The van der Waals surface area contributed by atoms with Crippen LogP contribution in [0.5, 0.6) is 0 Å². The van der Waals surface area contributed by atoms with Crippen molar-refractivity contribution in [3.8, 4) is 0 Å². The van der Waals surface area contributed by atoms with Gasteiger partial charge in [-0.15, -0.1) is 0 Å². The highest BCUT2D eigenvalue weighted by Crippen LogP contribution is 2.19. The fourth-order valence-electron chi connectivity index (χ4n) is 1.52. The molecule has 0 atom stereocenters. The lowest BCUT2D eigenvalue weighted by atomic mass is 10.2. The van der Waals surface area contributed by atoms with Gasteiger partial charge in [0.2, 0.25) is 0 Å². The summed E-state index contributed by atoms with van der Waals surface area (Å²) in [4.78, 5) is 7.08. The summed E-state index contributed by atoms with van der Waals surface area (Å²) in [5.74, 6) is 0. The molecular formula is C9H6N4S. The zero-order valence-electron chi connectivity index (χ0n) is 7.11. The first kappa shape index (κ1) is 7.64. The van der Waals surface area contributed by atoms with Crippen molar-refractivity contribution in [2.24, 2.45) is 0 Å². The predicted octanol–water partition coefficient (Wildman–Crippen LogP) is 2.17. The van der Waals surface area contributed by atoms with Crippen molar-refractivity contribution in [2.45, 2.75) is 0 Å². The van der Waals surface area contributed by atoms with E-state index in [9.17, 15) is 0 Å². The molecule has 0 amide bonds. The Balaban J connectivity index is 2.63. The molecule has 0 aliphatic rings. The molecule has 2 aromatic heterocycles. The molecule has 0 saturated heterocycles. The normalized spacial score (nSPS) is 11.1. The number of aromatic nitrogens is 4. The van der Waals surface area contributed by atoms with Crippen molar-refractivity contribution < 1.29 is 0 Å². The fourth-order valence-corrected chi connectivity index (χ4v) is 1.74. The van der Waals surface area contributed by atoms with Crippen LogP contribution in [0.15, 0.2) is 24.7 Å². The summed E-state index contributed by atoms with van der Waals surface area (Å²) in [5.41, 5.74) is 1.96. The minimum atomic E-state index is 0.607. The molecule has 0 unspecified atom stereocenters. The molecule has 0 aliphatic carbocycles. The highest BCUT2D eigenvalue weighted by molar-refractivity contribution is 7.71. The molecule has 0 fully saturated rings. The summed E-state index contributed by atoms with van der Waals surface area (Å²) >= 11 is 5.13. The number of nitrogens with zero attached hydrogens (tertiary/aromatic N) is 2. The predicted molar refractivity (Wildman–Crippen MR) is 56.6 cm³/mol. The van der Waals surface area contributed by atoms with Crippen LogP contribution < -0.4 is 0 Å². The molecule has 0 radical (unpaired) electrons. The third-order valence-electron chi connectivity index (χ3n) is 2.21. The van der Waals surface area contributed by atoms with Gasteiger partial charge in [-0.2, -0.15) is 5.10 Å². The monoisotopic (exact) mass is 202 g/mol. The van der Waals surface area contributed by atoms with Crippen molar-refractivity contribution in [1.29, 1.82) is 0 Å². The largest absolute Gasteiger partial charge is 0.346 e. The molecule has 0 aliphatic heterocycles. The third-order valence-corrected chi connectivity index (χ3v) is 2.54. The molecule has 68 valence electrons. The fraction of sp³-hybridized carbons (Fsp3) is 0. The van der Waals surface area contributed by atoms with Gasteiger partial charge in [-0.3, -0.25) is 5.10 Å². The van der Waals surface area contributed by atoms with Gasteiger partial charge < -0.3 is 4.98 Å². The Morgan fingerprint density at radius 1 is 1.21 bits per heavy atom. The molecule has 0 bridgehead atoms. The van der Waals surface area contributed by atoms with Gasteiger partial charge in [0, 0.05) is 10.8 Å². The van der Waals surface area contributed by atoms with Gasteiger partial charge >= 0.3 is 0 Å². The van der Waals surface area contributed by atoms with Crippen LogP contribution in [0.3, 0.4) is 0 Å². The highest BCUT2D eigenvalue weighted by Gasteiger charge is 2.00. The molecule has 1 aromatic carbocycles. The summed E-state index contributed by atoms with van der Waals surface area (Å²) in [5, 5.41) is 8.87. The second kappa shape index (κ2) is 2.62.